The fourth-order valence-electron chi connectivity index (χ4n) is 5.35. The van der Waals surface area contributed by atoms with E-state index in [2.05, 4.69) is 31.0 Å². The van der Waals surface area contributed by atoms with Crippen LogP contribution >= 0.6 is 11.8 Å². The molecule has 0 bridgehead atoms. The van der Waals surface area contributed by atoms with Crippen molar-refractivity contribution >= 4 is 17.7 Å². The van der Waals surface area contributed by atoms with Gasteiger partial charge in [0.05, 0.1) is 10.8 Å². The summed E-state index contributed by atoms with van der Waals surface area (Å²) in [7, 11) is 0. The maximum Gasteiger partial charge on any atom is 0.331 e. The number of fused-ring (bicyclic) bond motifs is 1. The van der Waals surface area contributed by atoms with E-state index < -0.39 is 0 Å². The minimum Gasteiger partial charge on any atom is -0.448 e. The molecule has 4 rings (SSSR count). The molecule has 3 heterocycles. The third-order valence-corrected chi connectivity index (χ3v) is 8.02. The van der Waals surface area contributed by atoms with Crippen molar-refractivity contribution in [1.82, 2.24) is 10.2 Å². The quantitative estimate of drug-likeness (QED) is 0.616. The van der Waals surface area contributed by atoms with E-state index in [1.165, 1.54) is 24.8 Å². The zero-order chi connectivity index (χ0) is 16.2. The zero-order valence-electron chi connectivity index (χ0n) is 14.4. The lowest BCUT2D eigenvalue weighted by atomic mass is 9.61. The van der Waals surface area contributed by atoms with Crippen LogP contribution in [-0.4, -0.2) is 58.2 Å². The van der Waals surface area contributed by atoms with Crippen LogP contribution in [0.15, 0.2) is 11.6 Å². The lowest BCUT2D eigenvalue weighted by Crippen LogP contribution is -2.66. The summed E-state index contributed by atoms with van der Waals surface area (Å²) < 4.78 is 6.15. The Morgan fingerprint density at radius 1 is 1.48 bits per heavy atom. The molecule has 0 aromatic heterocycles. The molecule has 4 aliphatic rings. The van der Waals surface area contributed by atoms with Gasteiger partial charge in [-0.2, -0.15) is 0 Å². The molecular weight excluding hydrogens is 308 g/mol. The van der Waals surface area contributed by atoms with Crippen molar-refractivity contribution in [3.05, 3.63) is 11.6 Å². The number of thioether (sulfide) groups is 1. The minimum absolute atomic E-state index is 0.0681. The van der Waals surface area contributed by atoms with Crippen LogP contribution in [0, 0.1) is 0 Å². The van der Waals surface area contributed by atoms with Gasteiger partial charge in [-0.25, -0.2) is 4.79 Å². The first-order chi connectivity index (χ1) is 11.0. The van der Waals surface area contributed by atoms with Gasteiger partial charge in [-0.1, -0.05) is 20.3 Å². The SMILES string of the molecule is CC(C)NCCSC12CC3=CC(=O)O[C@]31[C@H]1CCCCN1[C@H]2C. The molecule has 1 unspecified atom stereocenters. The van der Waals surface area contributed by atoms with Gasteiger partial charge in [0.15, 0.2) is 5.60 Å². The Balaban J connectivity index is 1.59. The summed E-state index contributed by atoms with van der Waals surface area (Å²) in [5.41, 5.74) is 0.958. The molecule has 1 saturated carbocycles. The van der Waals surface area contributed by atoms with E-state index in [4.69, 9.17) is 4.74 Å². The van der Waals surface area contributed by atoms with Gasteiger partial charge >= 0.3 is 5.97 Å². The van der Waals surface area contributed by atoms with E-state index >= 15 is 0 Å². The summed E-state index contributed by atoms with van der Waals surface area (Å²) >= 11 is 2.04. The minimum atomic E-state index is -0.313. The van der Waals surface area contributed by atoms with Gasteiger partial charge in [0.1, 0.15) is 0 Å². The molecule has 0 amide bonds. The fourth-order valence-corrected chi connectivity index (χ4v) is 7.10. The number of carbonyl (C=O) groups excluding carboxylic acids is 1. The van der Waals surface area contributed by atoms with Crippen LogP contribution in [0.4, 0.5) is 0 Å². The van der Waals surface area contributed by atoms with Crippen molar-refractivity contribution in [2.45, 2.75) is 74.9 Å². The first-order valence-electron chi connectivity index (χ1n) is 9.08. The lowest BCUT2D eigenvalue weighted by Gasteiger charge is -2.55. The standard InChI is InChI=1S/C18H28N2O2S/c1-12(2)19-7-9-23-17-11-14-10-16(21)22-18(14,17)15-6-4-5-8-20(15)13(17)3/h10,12-13,15,19H,4-9,11H2,1-3H3/t13-,15+,17?,18-/m0/s1. The van der Waals surface area contributed by atoms with Gasteiger partial charge in [0.25, 0.3) is 0 Å². The molecule has 4 atom stereocenters. The fraction of sp³-hybridized carbons (Fsp3) is 0.833. The van der Waals surface area contributed by atoms with Crippen LogP contribution in [0.3, 0.4) is 0 Å². The molecule has 0 radical (unpaired) electrons. The summed E-state index contributed by atoms with van der Waals surface area (Å²) in [6.07, 6.45) is 6.52. The Bertz CT molecular complexity index is 549. The average molecular weight is 337 g/mol. The largest absolute Gasteiger partial charge is 0.448 e. The molecule has 23 heavy (non-hydrogen) atoms. The molecule has 1 N–H and O–H groups in total. The number of carbonyl (C=O) groups is 1. The Morgan fingerprint density at radius 3 is 3.04 bits per heavy atom. The molecule has 5 heteroatoms. The smallest absolute Gasteiger partial charge is 0.331 e. The average Bonchev–Trinajstić information content (AvgIpc) is 2.86. The number of hydrogen-bond acceptors (Lipinski definition) is 5. The summed E-state index contributed by atoms with van der Waals surface area (Å²) in [6.45, 7) is 8.91. The van der Waals surface area contributed by atoms with E-state index in [0.717, 1.165) is 25.3 Å². The second-order valence-electron chi connectivity index (χ2n) is 7.78. The van der Waals surface area contributed by atoms with Crippen LogP contribution in [0.1, 0.15) is 46.5 Å². The Labute approximate surface area is 143 Å². The highest BCUT2D eigenvalue weighted by atomic mass is 32.2. The molecule has 1 spiro atoms. The third kappa shape index (κ3) is 2.02. The number of ether oxygens (including phenoxy) is 1. The highest BCUT2D eigenvalue weighted by Gasteiger charge is 2.79. The van der Waals surface area contributed by atoms with Crippen molar-refractivity contribution in [1.29, 1.82) is 0 Å². The summed E-state index contributed by atoms with van der Waals surface area (Å²) in [4.78, 5) is 14.7. The van der Waals surface area contributed by atoms with Crippen LogP contribution in [0.2, 0.25) is 0 Å². The summed E-state index contributed by atoms with van der Waals surface area (Å²) in [5, 5.41) is 3.51. The molecule has 128 valence electrons. The van der Waals surface area contributed by atoms with Crippen LogP contribution in [0.25, 0.3) is 0 Å². The highest BCUT2D eigenvalue weighted by Crippen LogP contribution is 2.69. The number of rotatable bonds is 5. The van der Waals surface area contributed by atoms with Crippen molar-refractivity contribution in [2.75, 3.05) is 18.8 Å². The second kappa shape index (κ2) is 5.50. The first kappa shape index (κ1) is 16.0. The normalized spacial score (nSPS) is 41.9. The van der Waals surface area contributed by atoms with Gasteiger partial charge in [0, 0.05) is 30.5 Å². The van der Waals surface area contributed by atoms with E-state index in [-0.39, 0.29) is 16.3 Å². The number of esters is 1. The van der Waals surface area contributed by atoms with Crippen molar-refractivity contribution in [3.63, 3.8) is 0 Å². The predicted molar refractivity (Wildman–Crippen MR) is 93.7 cm³/mol. The summed E-state index contributed by atoms with van der Waals surface area (Å²) in [5.74, 6) is 0.970. The van der Waals surface area contributed by atoms with Gasteiger partial charge in [-0.3, -0.25) is 4.90 Å². The maximum absolute atomic E-state index is 12.0. The van der Waals surface area contributed by atoms with E-state index in [1.807, 2.05) is 11.8 Å². The van der Waals surface area contributed by atoms with Crippen molar-refractivity contribution < 1.29 is 9.53 Å². The topological polar surface area (TPSA) is 41.6 Å². The molecule has 3 fully saturated rings. The number of hydrogen-bond donors (Lipinski definition) is 1. The van der Waals surface area contributed by atoms with Gasteiger partial charge in [-0.15, -0.1) is 11.8 Å². The number of piperidine rings is 1. The van der Waals surface area contributed by atoms with Crippen molar-refractivity contribution in [2.24, 2.45) is 0 Å². The molecular formula is C18H28N2O2S. The van der Waals surface area contributed by atoms with Crippen LogP contribution < -0.4 is 5.32 Å². The Kier molecular flexibility index (Phi) is 3.82. The molecule has 2 saturated heterocycles. The van der Waals surface area contributed by atoms with E-state index in [0.29, 0.717) is 18.1 Å². The molecule has 4 nitrogen and oxygen atoms in total. The zero-order valence-corrected chi connectivity index (χ0v) is 15.2. The predicted octanol–water partition coefficient (Wildman–Crippen LogP) is 2.34. The molecule has 0 aromatic rings. The monoisotopic (exact) mass is 336 g/mol. The molecule has 3 aliphatic heterocycles. The Morgan fingerprint density at radius 2 is 2.30 bits per heavy atom. The maximum atomic E-state index is 12.0. The second-order valence-corrected chi connectivity index (χ2v) is 9.20. The van der Waals surface area contributed by atoms with Gasteiger partial charge < -0.3 is 10.1 Å². The van der Waals surface area contributed by atoms with Crippen LogP contribution in [-0.2, 0) is 9.53 Å². The Hall–Kier alpha value is -0.520. The van der Waals surface area contributed by atoms with E-state index in [9.17, 15) is 4.79 Å². The number of nitrogens with zero attached hydrogens (tertiary/aromatic N) is 1. The highest BCUT2D eigenvalue weighted by molar-refractivity contribution is 8.00. The molecule has 0 aromatic carbocycles. The van der Waals surface area contributed by atoms with Crippen molar-refractivity contribution in [3.8, 4) is 0 Å². The molecule has 1 aliphatic carbocycles. The van der Waals surface area contributed by atoms with E-state index in [1.54, 1.807) is 6.08 Å². The van der Waals surface area contributed by atoms with Gasteiger partial charge in [-0.05, 0) is 38.3 Å². The van der Waals surface area contributed by atoms with Crippen LogP contribution in [0.5, 0.6) is 0 Å². The first-order valence-corrected chi connectivity index (χ1v) is 10.1. The summed E-state index contributed by atoms with van der Waals surface area (Å²) in [6, 6.07) is 1.42. The third-order valence-electron chi connectivity index (χ3n) is 6.31. The lowest BCUT2D eigenvalue weighted by molar-refractivity contribution is -0.154. The number of nitrogens with one attached hydrogen (secondary N) is 1. The van der Waals surface area contributed by atoms with Gasteiger partial charge in [0.2, 0.25) is 0 Å².